The zero-order valence-corrected chi connectivity index (χ0v) is 19.7. The summed E-state index contributed by atoms with van der Waals surface area (Å²) in [5, 5.41) is 8.68. The van der Waals surface area contributed by atoms with Crippen molar-refractivity contribution in [3.63, 3.8) is 0 Å². The van der Waals surface area contributed by atoms with E-state index in [9.17, 15) is 0 Å². The number of fused-ring (bicyclic) bond motifs is 1. The van der Waals surface area contributed by atoms with Gasteiger partial charge in [0.05, 0.1) is 24.8 Å². The molecule has 8 heteroatoms. The largest absolute Gasteiger partial charge is 0.387 e. The average Bonchev–Trinajstić information content (AvgIpc) is 2.83. The van der Waals surface area contributed by atoms with E-state index in [1.54, 1.807) is 20.4 Å². The second kappa shape index (κ2) is 12.1. The van der Waals surface area contributed by atoms with E-state index in [4.69, 9.17) is 20.9 Å². The van der Waals surface area contributed by atoms with Gasteiger partial charge in [0.2, 0.25) is 0 Å². The van der Waals surface area contributed by atoms with Crippen LogP contribution in [0.5, 0.6) is 0 Å². The number of nitrogens with one attached hydrogen (secondary N) is 1. The van der Waals surface area contributed by atoms with E-state index in [1.807, 2.05) is 6.20 Å². The quantitative estimate of drug-likeness (QED) is 0.329. The van der Waals surface area contributed by atoms with Crippen LogP contribution in [0.3, 0.4) is 0 Å². The van der Waals surface area contributed by atoms with Crippen molar-refractivity contribution in [2.24, 2.45) is 20.7 Å². The molecule has 3 N–H and O–H groups in total. The SMILES string of the molecule is CCc1cccc(CC(=NC)C2C(=N)CCc3cnc(N=C(N)CC=NCCOC)nc32)c1. The third kappa shape index (κ3) is 6.61. The van der Waals surface area contributed by atoms with Gasteiger partial charge in [-0.2, -0.15) is 4.99 Å². The predicted octanol–water partition coefficient (Wildman–Crippen LogP) is 3.50. The van der Waals surface area contributed by atoms with Gasteiger partial charge in [0, 0.05) is 50.8 Å². The predicted molar refractivity (Wildman–Crippen MR) is 135 cm³/mol. The molecule has 1 atom stereocenters. The number of aromatic nitrogens is 2. The Balaban J connectivity index is 1.84. The minimum Gasteiger partial charge on any atom is -0.387 e. The summed E-state index contributed by atoms with van der Waals surface area (Å²) in [5.74, 6) is 0.428. The lowest BCUT2D eigenvalue weighted by Gasteiger charge is -2.26. The molecule has 0 amide bonds. The van der Waals surface area contributed by atoms with Gasteiger partial charge in [0.15, 0.2) is 0 Å². The fraction of sp³-hybridized carbons (Fsp3) is 0.440. The molecule has 0 spiro atoms. The molecule has 1 aromatic heterocycles. The van der Waals surface area contributed by atoms with E-state index in [2.05, 4.69) is 51.2 Å². The van der Waals surface area contributed by atoms with Crippen LogP contribution in [0, 0.1) is 5.41 Å². The number of aliphatic imine (C=N–C) groups is 3. The highest BCUT2D eigenvalue weighted by molar-refractivity contribution is 6.12. The lowest BCUT2D eigenvalue weighted by Crippen LogP contribution is -2.29. The number of ether oxygens (including phenoxy) is 1. The van der Waals surface area contributed by atoms with Gasteiger partial charge in [-0.3, -0.25) is 9.98 Å². The fourth-order valence-electron chi connectivity index (χ4n) is 3.89. The lowest BCUT2D eigenvalue weighted by atomic mass is 9.80. The molecule has 0 aliphatic heterocycles. The standard InChI is InChI=1S/C25H33N7O/c1-4-17-6-5-7-18(14-17)15-21(28-2)23-20(26)9-8-19-16-30-25(32-24(19)23)31-22(27)10-11-29-12-13-33-3/h5-7,11,14,16,23,26H,4,8-10,12-13,15H2,1-3H3,(H2,27,30,31,32). The summed E-state index contributed by atoms with van der Waals surface area (Å²) in [6.45, 7) is 3.30. The molecule has 8 nitrogen and oxygen atoms in total. The highest BCUT2D eigenvalue weighted by Crippen LogP contribution is 2.31. The zero-order chi connectivity index (χ0) is 23.6. The van der Waals surface area contributed by atoms with Crippen molar-refractivity contribution in [1.29, 1.82) is 5.41 Å². The number of nitrogens with two attached hydrogens (primary N) is 1. The minimum absolute atomic E-state index is 0.266. The summed E-state index contributed by atoms with van der Waals surface area (Å²) in [6.07, 6.45) is 7.04. The highest BCUT2D eigenvalue weighted by Gasteiger charge is 2.31. The van der Waals surface area contributed by atoms with E-state index in [-0.39, 0.29) is 5.92 Å². The first-order valence-corrected chi connectivity index (χ1v) is 11.3. The lowest BCUT2D eigenvalue weighted by molar-refractivity contribution is 0.208. The van der Waals surface area contributed by atoms with E-state index >= 15 is 0 Å². The van der Waals surface area contributed by atoms with E-state index < -0.39 is 0 Å². The molecular weight excluding hydrogens is 414 g/mol. The van der Waals surface area contributed by atoms with Crippen LogP contribution in [0.25, 0.3) is 0 Å². The number of rotatable bonds is 10. The molecule has 1 unspecified atom stereocenters. The molecule has 1 aliphatic carbocycles. The first-order chi connectivity index (χ1) is 16.0. The first kappa shape index (κ1) is 24.4. The topological polar surface area (TPSA) is 122 Å². The second-order valence-electron chi connectivity index (χ2n) is 7.99. The molecular formula is C25H33N7O. The van der Waals surface area contributed by atoms with Crippen LogP contribution in [-0.4, -0.2) is 60.8 Å². The van der Waals surface area contributed by atoms with Gasteiger partial charge in [0.25, 0.3) is 5.95 Å². The summed E-state index contributed by atoms with van der Waals surface area (Å²) in [5.41, 5.74) is 12.0. The monoisotopic (exact) mass is 447 g/mol. The summed E-state index contributed by atoms with van der Waals surface area (Å²) < 4.78 is 4.97. The summed E-state index contributed by atoms with van der Waals surface area (Å²) in [4.78, 5) is 22.3. The molecule has 33 heavy (non-hydrogen) atoms. The van der Waals surface area contributed by atoms with E-state index in [0.29, 0.717) is 49.9 Å². The Morgan fingerprint density at radius 2 is 2.12 bits per heavy atom. The minimum atomic E-state index is -0.266. The van der Waals surface area contributed by atoms with Crippen LogP contribution >= 0.6 is 0 Å². The van der Waals surface area contributed by atoms with E-state index in [0.717, 1.165) is 29.8 Å². The third-order valence-electron chi connectivity index (χ3n) is 5.67. The maximum absolute atomic E-state index is 8.68. The van der Waals surface area contributed by atoms with Crippen LogP contribution in [-0.2, 0) is 24.0 Å². The number of aryl methyl sites for hydroxylation is 2. The van der Waals surface area contributed by atoms with Crippen molar-refractivity contribution in [1.82, 2.24) is 9.97 Å². The molecule has 0 bridgehead atoms. The molecule has 1 heterocycles. The van der Waals surface area contributed by atoms with Crippen molar-refractivity contribution in [2.75, 3.05) is 27.3 Å². The number of nitrogens with zero attached hydrogens (tertiary/aromatic N) is 5. The molecule has 0 saturated carbocycles. The van der Waals surface area contributed by atoms with Crippen LogP contribution < -0.4 is 5.73 Å². The molecule has 2 aromatic rings. The number of benzene rings is 1. The van der Waals surface area contributed by atoms with Gasteiger partial charge in [-0.15, -0.1) is 0 Å². The molecule has 1 aliphatic rings. The fourth-order valence-corrected chi connectivity index (χ4v) is 3.89. The van der Waals surface area contributed by atoms with Crippen molar-refractivity contribution < 1.29 is 4.74 Å². The van der Waals surface area contributed by atoms with Gasteiger partial charge in [-0.1, -0.05) is 31.2 Å². The number of hydrogen-bond acceptors (Lipinski definition) is 7. The van der Waals surface area contributed by atoms with Crippen molar-refractivity contribution >= 4 is 29.4 Å². The number of methoxy groups -OCH3 is 1. The van der Waals surface area contributed by atoms with Gasteiger partial charge >= 0.3 is 0 Å². The second-order valence-corrected chi connectivity index (χ2v) is 7.99. The maximum Gasteiger partial charge on any atom is 0.251 e. The first-order valence-electron chi connectivity index (χ1n) is 11.3. The Morgan fingerprint density at radius 1 is 1.30 bits per heavy atom. The molecule has 0 radical (unpaired) electrons. The number of hydrogen-bond donors (Lipinski definition) is 2. The molecule has 0 fully saturated rings. The van der Waals surface area contributed by atoms with Crippen molar-refractivity contribution in [2.45, 2.75) is 44.9 Å². The Hall–Kier alpha value is -3.26. The summed E-state index contributed by atoms with van der Waals surface area (Å²) in [7, 11) is 3.43. The highest BCUT2D eigenvalue weighted by atomic mass is 16.5. The maximum atomic E-state index is 8.68. The Bertz CT molecular complexity index is 1060. The van der Waals surface area contributed by atoms with Crippen LogP contribution in [0.1, 0.15) is 48.1 Å². The smallest absolute Gasteiger partial charge is 0.251 e. The van der Waals surface area contributed by atoms with Gasteiger partial charge in [-0.05, 0) is 36.0 Å². The van der Waals surface area contributed by atoms with Gasteiger partial charge in [0.1, 0.15) is 5.84 Å². The van der Waals surface area contributed by atoms with Crippen molar-refractivity contribution in [3.8, 4) is 0 Å². The van der Waals surface area contributed by atoms with E-state index in [1.165, 1.54) is 11.1 Å². The van der Waals surface area contributed by atoms with Crippen LogP contribution in [0.4, 0.5) is 5.95 Å². The van der Waals surface area contributed by atoms with Gasteiger partial charge < -0.3 is 15.9 Å². The third-order valence-corrected chi connectivity index (χ3v) is 5.67. The Kier molecular flexibility index (Phi) is 8.95. The molecule has 0 saturated heterocycles. The Morgan fingerprint density at radius 3 is 2.88 bits per heavy atom. The number of amidine groups is 1. The molecule has 3 rings (SSSR count). The average molecular weight is 448 g/mol. The van der Waals surface area contributed by atoms with Crippen LogP contribution in [0.2, 0.25) is 0 Å². The summed E-state index contributed by atoms with van der Waals surface area (Å²) >= 11 is 0. The van der Waals surface area contributed by atoms with Crippen LogP contribution in [0.15, 0.2) is 45.4 Å². The normalized spacial score (nSPS) is 16.9. The summed E-state index contributed by atoms with van der Waals surface area (Å²) in [6, 6.07) is 8.54. The Labute approximate surface area is 195 Å². The molecule has 1 aromatic carbocycles. The van der Waals surface area contributed by atoms with Crippen molar-refractivity contribution in [3.05, 3.63) is 52.8 Å². The zero-order valence-electron chi connectivity index (χ0n) is 19.7. The van der Waals surface area contributed by atoms with Gasteiger partial charge in [-0.25, -0.2) is 9.97 Å². The molecule has 174 valence electrons.